The van der Waals surface area contributed by atoms with Gasteiger partial charge in [0, 0.05) is 37.0 Å². The van der Waals surface area contributed by atoms with Gasteiger partial charge in [-0.15, -0.1) is 0 Å². The first kappa shape index (κ1) is 28.2. The Morgan fingerprint density at radius 1 is 1.05 bits per heavy atom. The summed E-state index contributed by atoms with van der Waals surface area (Å²) >= 11 is 0. The molecule has 7 nitrogen and oxygen atoms in total. The molecule has 3 aromatic rings. The van der Waals surface area contributed by atoms with Gasteiger partial charge in [-0.1, -0.05) is 0 Å². The molecule has 40 heavy (non-hydrogen) atoms. The van der Waals surface area contributed by atoms with E-state index in [0.29, 0.717) is 5.69 Å². The first-order chi connectivity index (χ1) is 18.9. The number of hydrogen-bond donors (Lipinski definition) is 0. The van der Waals surface area contributed by atoms with Crippen LogP contribution in [0.15, 0.2) is 53.8 Å². The van der Waals surface area contributed by atoms with E-state index in [1.807, 2.05) is 0 Å². The average molecular weight is 581 g/mol. The third kappa shape index (κ3) is 5.62. The van der Waals surface area contributed by atoms with Gasteiger partial charge in [0.15, 0.2) is 5.78 Å². The standard InChI is InChI=1S/C27H25F5N4O3S/c1-15-22(29)11-24(36(15)40(38,39)20-7-5-19(28)6-8-20)25(37)9-4-17-10-23(33-14-21(17)16-2-3-16)18-12-34-26(35-13-18)27(30,31)32/h5-8,10,12-16,22,24H,2-4,9,11H2,1H3/t15-,22+,24-/m0/s1. The summed E-state index contributed by atoms with van der Waals surface area (Å²) in [5.74, 6) is -2.12. The van der Waals surface area contributed by atoms with Crippen molar-refractivity contribution in [3.63, 3.8) is 0 Å². The Bertz CT molecular complexity index is 1510. The van der Waals surface area contributed by atoms with Gasteiger partial charge in [0.25, 0.3) is 0 Å². The molecule has 3 heterocycles. The van der Waals surface area contributed by atoms with Gasteiger partial charge < -0.3 is 0 Å². The number of carbonyl (C=O) groups is 1. The number of aromatic nitrogens is 3. The average Bonchev–Trinajstić information content (AvgIpc) is 3.71. The zero-order chi connectivity index (χ0) is 28.8. The molecule has 0 spiro atoms. The molecule has 1 aliphatic carbocycles. The maximum Gasteiger partial charge on any atom is 0.451 e. The Labute approximate surface area is 227 Å². The number of sulfonamides is 1. The number of carbonyl (C=O) groups excluding carboxylic acids is 1. The molecule has 2 aromatic heterocycles. The van der Waals surface area contributed by atoms with Gasteiger partial charge in [0.05, 0.1) is 22.7 Å². The number of ketones is 1. The molecule has 13 heteroatoms. The molecule has 212 valence electrons. The molecule has 1 aliphatic heterocycles. The Morgan fingerprint density at radius 2 is 1.70 bits per heavy atom. The van der Waals surface area contributed by atoms with E-state index in [0.717, 1.165) is 64.9 Å². The quantitative estimate of drug-likeness (QED) is 0.338. The van der Waals surface area contributed by atoms with Crippen molar-refractivity contribution in [1.82, 2.24) is 19.3 Å². The molecule has 2 fully saturated rings. The van der Waals surface area contributed by atoms with E-state index in [9.17, 15) is 35.2 Å². The summed E-state index contributed by atoms with van der Waals surface area (Å²) in [5, 5.41) is 0. The molecule has 0 amide bonds. The van der Waals surface area contributed by atoms with Gasteiger partial charge in [-0.2, -0.15) is 17.5 Å². The summed E-state index contributed by atoms with van der Waals surface area (Å²) in [6, 6.07) is 3.49. The lowest BCUT2D eigenvalue weighted by Crippen LogP contribution is -2.44. The van der Waals surface area contributed by atoms with Crippen LogP contribution in [0, 0.1) is 5.82 Å². The van der Waals surface area contributed by atoms with Gasteiger partial charge in [-0.3, -0.25) is 9.78 Å². The molecule has 0 bridgehead atoms. The number of benzene rings is 1. The van der Waals surface area contributed by atoms with Crippen molar-refractivity contribution in [2.45, 2.75) is 74.3 Å². The first-order valence-corrected chi connectivity index (χ1v) is 14.1. The molecule has 1 saturated heterocycles. The van der Waals surface area contributed by atoms with E-state index >= 15 is 0 Å². The van der Waals surface area contributed by atoms with Crippen LogP contribution in [0.3, 0.4) is 0 Å². The van der Waals surface area contributed by atoms with Crippen molar-refractivity contribution in [3.05, 3.63) is 71.7 Å². The van der Waals surface area contributed by atoms with Crippen LogP contribution in [0.25, 0.3) is 11.3 Å². The number of halogens is 5. The minimum absolute atomic E-state index is 0.0910. The number of hydrogen-bond acceptors (Lipinski definition) is 6. The van der Waals surface area contributed by atoms with Crippen LogP contribution in [-0.2, 0) is 27.4 Å². The zero-order valence-electron chi connectivity index (χ0n) is 21.3. The van der Waals surface area contributed by atoms with Crippen molar-refractivity contribution in [2.24, 2.45) is 0 Å². The fourth-order valence-corrected chi connectivity index (χ4v) is 6.85. The number of aryl methyl sites for hydroxylation is 1. The van der Waals surface area contributed by atoms with Crippen LogP contribution >= 0.6 is 0 Å². The predicted molar refractivity (Wildman–Crippen MR) is 134 cm³/mol. The SMILES string of the molecule is C[C@H]1[C@H](F)C[C@@H](C(=O)CCc2cc(-c3cnc(C(F)(F)F)nc3)ncc2C2CC2)N1S(=O)(=O)c1ccc(F)cc1. The lowest BCUT2D eigenvalue weighted by molar-refractivity contribution is -0.145. The Kier molecular flexibility index (Phi) is 7.47. The molecule has 0 N–H and O–H groups in total. The van der Waals surface area contributed by atoms with Gasteiger partial charge in [-0.25, -0.2) is 27.2 Å². The molecular formula is C27H25F5N4O3S. The van der Waals surface area contributed by atoms with Crippen LogP contribution < -0.4 is 0 Å². The number of Topliss-reactive ketones (excluding diaryl/α,β-unsaturated/α-hetero) is 1. The number of rotatable bonds is 8. The van der Waals surface area contributed by atoms with E-state index in [1.54, 1.807) is 12.3 Å². The number of pyridine rings is 1. The normalized spacial score (nSPS) is 22.0. The molecule has 3 atom stereocenters. The smallest absolute Gasteiger partial charge is 0.298 e. The van der Waals surface area contributed by atoms with Crippen molar-refractivity contribution >= 4 is 15.8 Å². The molecular weight excluding hydrogens is 555 g/mol. The van der Waals surface area contributed by atoms with Crippen molar-refractivity contribution in [3.8, 4) is 11.3 Å². The topological polar surface area (TPSA) is 93.1 Å². The summed E-state index contributed by atoms with van der Waals surface area (Å²) in [6.07, 6.45) is -0.865. The van der Waals surface area contributed by atoms with E-state index in [1.165, 1.54) is 6.92 Å². The Morgan fingerprint density at radius 3 is 2.30 bits per heavy atom. The van der Waals surface area contributed by atoms with Gasteiger partial charge in [0.2, 0.25) is 15.8 Å². The minimum Gasteiger partial charge on any atom is -0.298 e. The van der Waals surface area contributed by atoms with Crippen LogP contribution in [0.2, 0.25) is 0 Å². The molecule has 1 saturated carbocycles. The fourth-order valence-electron chi connectivity index (χ4n) is 5.02. The second kappa shape index (κ2) is 10.6. The molecule has 2 aliphatic rings. The Balaban J connectivity index is 1.38. The first-order valence-electron chi connectivity index (χ1n) is 12.7. The predicted octanol–water partition coefficient (Wildman–Crippen LogP) is 5.27. The highest BCUT2D eigenvalue weighted by molar-refractivity contribution is 7.89. The fraction of sp³-hybridized carbons (Fsp3) is 0.407. The molecule has 1 aromatic carbocycles. The van der Waals surface area contributed by atoms with Crippen LogP contribution in [0.5, 0.6) is 0 Å². The van der Waals surface area contributed by atoms with Gasteiger partial charge in [-0.05, 0) is 73.6 Å². The summed E-state index contributed by atoms with van der Waals surface area (Å²) in [5.41, 5.74) is 2.25. The van der Waals surface area contributed by atoms with Crippen LogP contribution in [-0.4, -0.2) is 51.7 Å². The van der Waals surface area contributed by atoms with Gasteiger partial charge >= 0.3 is 6.18 Å². The Hall–Kier alpha value is -3.32. The highest BCUT2D eigenvalue weighted by atomic mass is 32.2. The summed E-state index contributed by atoms with van der Waals surface area (Å²) in [7, 11) is -4.28. The van der Waals surface area contributed by atoms with E-state index in [-0.39, 0.29) is 35.6 Å². The molecule has 5 rings (SSSR count). The summed E-state index contributed by atoms with van der Waals surface area (Å²) in [4.78, 5) is 24.2. The monoisotopic (exact) mass is 580 g/mol. The number of nitrogens with zero attached hydrogens (tertiary/aromatic N) is 4. The van der Waals surface area contributed by atoms with E-state index in [2.05, 4.69) is 15.0 Å². The second-order valence-corrected chi connectivity index (χ2v) is 11.9. The molecule has 0 unspecified atom stereocenters. The van der Waals surface area contributed by atoms with Crippen molar-refractivity contribution < 1.29 is 35.2 Å². The van der Waals surface area contributed by atoms with Crippen LogP contribution in [0.1, 0.15) is 55.5 Å². The maximum absolute atomic E-state index is 14.8. The second-order valence-electron chi connectivity index (χ2n) is 10.1. The largest absolute Gasteiger partial charge is 0.451 e. The minimum atomic E-state index is -4.68. The third-order valence-corrected chi connectivity index (χ3v) is 9.33. The van der Waals surface area contributed by atoms with Crippen molar-refractivity contribution in [2.75, 3.05) is 0 Å². The molecule has 0 radical (unpaired) electrons. The van der Waals surface area contributed by atoms with E-state index < -0.39 is 51.9 Å². The van der Waals surface area contributed by atoms with Crippen LogP contribution in [0.4, 0.5) is 22.0 Å². The number of alkyl halides is 4. The maximum atomic E-state index is 14.8. The lowest BCUT2D eigenvalue weighted by Gasteiger charge is -2.27. The summed E-state index contributed by atoms with van der Waals surface area (Å²) in [6.45, 7) is 1.39. The highest BCUT2D eigenvalue weighted by Crippen LogP contribution is 2.42. The lowest BCUT2D eigenvalue weighted by atomic mass is 9.96. The zero-order valence-corrected chi connectivity index (χ0v) is 22.1. The third-order valence-electron chi connectivity index (χ3n) is 7.32. The van der Waals surface area contributed by atoms with Crippen molar-refractivity contribution in [1.29, 1.82) is 0 Å². The van der Waals surface area contributed by atoms with Gasteiger partial charge in [0.1, 0.15) is 12.0 Å². The summed E-state index contributed by atoms with van der Waals surface area (Å²) < 4.78 is 94.2. The van der Waals surface area contributed by atoms with E-state index in [4.69, 9.17) is 0 Å². The highest BCUT2D eigenvalue weighted by Gasteiger charge is 2.48.